The largest absolute Gasteiger partial charge is 0.407 e. The molecule has 0 unspecified atom stereocenters. The fraction of sp³-hybridized carbons (Fsp3) is 0.435. The summed E-state index contributed by atoms with van der Waals surface area (Å²) in [6.07, 6.45) is 0.102. The van der Waals surface area contributed by atoms with Gasteiger partial charge in [-0.3, -0.25) is 0 Å². The van der Waals surface area contributed by atoms with Gasteiger partial charge < -0.3 is 14.3 Å². The van der Waals surface area contributed by atoms with Crippen molar-refractivity contribution in [2.24, 2.45) is 11.8 Å². The maximum atomic E-state index is 11.1. The number of rotatable bonds is 8. The summed E-state index contributed by atoms with van der Waals surface area (Å²) < 4.78 is 6.81. The lowest BCUT2D eigenvalue weighted by Crippen LogP contribution is -2.67. The molecular formula is C23H32O3Si. The van der Waals surface area contributed by atoms with E-state index in [0.717, 1.165) is 6.29 Å². The van der Waals surface area contributed by atoms with E-state index < -0.39 is 20.3 Å². The number of carbonyl (C=O) groups excluding carboxylic acids is 1. The van der Waals surface area contributed by atoms with E-state index in [1.165, 1.54) is 10.4 Å². The predicted molar refractivity (Wildman–Crippen MR) is 114 cm³/mol. The normalized spacial score (nSPS) is 15.8. The van der Waals surface area contributed by atoms with Crippen molar-refractivity contribution in [3.05, 3.63) is 60.7 Å². The Morgan fingerprint density at radius 1 is 0.963 bits per heavy atom. The summed E-state index contributed by atoms with van der Waals surface area (Å²) in [7, 11) is -2.60. The predicted octanol–water partition coefficient (Wildman–Crippen LogP) is 3.40. The molecule has 1 N–H and O–H groups in total. The molecule has 0 bridgehead atoms. The van der Waals surface area contributed by atoms with Crippen LogP contribution in [-0.4, -0.2) is 32.4 Å². The van der Waals surface area contributed by atoms with Crippen LogP contribution in [0.4, 0.5) is 0 Å². The molecule has 3 atom stereocenters. The lowest BCUT2D eigenvalue weighted by atomic mass is 9.95. The first kappa shape index (κ1) is 21.5. The van der Waals surface area contributed by atoms with Crippen LogP contribution in [-0.2, 0) is 9.22 Å². The molecule has 0 aliphatic carbocycles. The highest BCUT2D eigenvalue weighted by Crippen LogP contribution is 2.37. The van der Waals surface area contributed by atoms with E-state index in [-0.39, 0.29) is 11.0 Å². The third-order valence-electron chi connectivity index (χ3n) is 5.32. The summed E-state index contributed by atoms with van der Waals surface area (Å²) in [6, 6.07) is 20.9. The average molecular weight is 385 g/mol. The van der Waals surface area contributed by atoms with Crippen LogP contribution < -0.4 is 10.4 Å². The summed E-state index contributed by atoms with van der Waals surface area (Å²) >= 11 is 0. The summed E-state index contributed by atoms with van der Waals surface area (Å²) in [5, 5.41) is 12.8. The molecule has 0 spiro atoms. The Bertz CT molecular complexity index is 670. The molecule has 0 amide bonds. The standard InChI is InChI=1S/C23H32O3Si/c1-18(16-24)22(25)19(2)17-26-27(23(3,4)5,20-12-8-6-9-13-20)21-14-10-7-11-15-21/h6-16,18-19,22,25H,17H2,1-5H3/t18-,19+,22+/m0/s1. The summed E-state index contributed by atoms with van der Waals surface area (Å²) in [5.74, 6) is -0.533. The van der Waals surface area contributed by atoms with Crippen LogP contribution in [0.2, 0.25) is 5.04 Å². The molecule has 0 fully saturated rings. The molecule has 0 aromatic heterocycles. The van der Waals surface area contributed by atoms with Gasteiger partial charge in [-0.25, -0.2) is 0 Å². The third kappa shape index (κ3) is 4.57. The van der Waals surface area contributed by atoms with Gasteiger partial charge >= 0.3 is 0 Å². The molecule has 2 aromatic rings. The molecule has 27 heavy (non-hydrogen) atoms. The van der Waals surface area contributed by atoms with Crippen molar-refractivity contribution in [2.45, 2.75) is 45.8 Å². The molecule has 0 heterocycles. The van der Waals surface area contributed by atoms with Crippen LogP contribution >= 0.6 is 0 Å². The van der Waals surface area contributed by atoms with Crippen molar-refractivity contribution < 1.29 is 14.3 Å². The highest BCUT2D eigenvalue weighted by molar-refractivity contribution is 6.99. The quantitative estimate of drug-likeness (QED) is 0.560. The van der Waals surface area contributed by atoms with E-state index in [4.69, 9.17) is 4.43 Å². The zero-order valence-electron chi connectivity index (χ0n) is 17.1. The Morgan fingerprint density at radius 3 is 1.78 bits per heavy atom. The highest BCUT2D eigenvalue weighted by Gasteiger charge is 2.50. The van der Waals surface area contributed by atoms with Gasteiger partial charge in [0, 0.05) is 18.4 Å². The van der Waals surface area contributed by atoms with Crippen molar-refractivity contribution in [1.82, 2.24) is 0 Å². The minimum atomic E-state index is -2.60. The number of aliphatic hydroxyl groups excluding tert-OH is 1. The Morgan fingerprint density at radius 2 is 1.41 bits per heavy atom. The Balaban J connectivity index is 2.48. The van der Waals surface area contributed by atoms with Crippen molar-refractivity contribution in [2.75, 3.05) is 6.61 Å². The van der Waals surface area contributed by atoms with E-state index in [2.05, 4.69) is 69.3 Å². The Labute approximate surface area is 164 Å². The van der Waals surface area contributed by atoms with Gasteiger partial charge in [-0.05, 0) is 15.4 Å². The van der Waals surface area contributed by atoms with Gasteiger partial charge in [0.1, 0.15) is 6.29 Å². The number of hydrogen-bond acceptors (Lipinski definition) is 3. The summed E-state index contributed by atoms with van der Waals surface area (Å²) in [6.45, 7) is 10.8. The minimum absolute atomic E-state index is 0.101. The van der Waals surface area contributed by atoms with Crippen LogP contribution in [0, 0.1) is 11.8 Å². The molecule has 3 nitrogen and oxygen atoms in total. The fourth-order valence-corrected chi connectivity index (χ4v) is 8.38. The van der Waals surface area contributed by atoms with Crippen molar-refractivity contribution in [3.8, 4) is 0 Å². The van der Waals surface area contributed by atoms with Gasteiger partial charge in [-0.1, -0.05) is 95.3 Å². The van der Waals surface area contributed by atoms with Crippen molar-refractivity contribution in [3.63, 3.8) is 0 Å². The topological polar surface area (TPSA) is 46.5 Å². The van der Waals surface area contributed by atoms with E-state index in [9.17, 15) is 9.90 Å². The molecule has 0 aliphatic heterocycles. The van der Waals surface area contributed by atoms with Crippen LogP contribution in [0.15, 0.2) is 60.7 Å². The molecule has 0 radical (unpaired) electrons. The third-order valence-corrected chi connectivity index (χ3v) is 10.3. The van der Waals surface area contributed by atoms with Crippen LogP contribution in [0.5, 0.6) is 0 Å². The van der Waals surface area contributed by atoms with Gasteiger partial charge in [-0.2, -0.15) is 0 Å². The van der Waals surface area contributed by atoms with Crippen LogP contribution in [0.25, 0.3) is 0 Å². The first-order chi connectivity index (χ1) is 12.7. The van der Waals surface area contributed by atoms with E-state index in [1.54, 1.807) is 6.92 Å². The summed E-state index contributed by atoms with van der Waals surface area (Å²) in [4.78, 5) is 11.1. The first-order valence-electron chi connectivity index (χ1n) is 9.62. The smallest absolute Gasteiger partial charge is 0.261 e. The second-order valence-electron chi connectivity index (χ2n) is 8.44. The zero-order valence-corrected chi connectivity index (χ0v) is 18.1. The van der Waals surface area contributed by atoms with Crippen LogP contribution in [0.1, 0.15) is 34.6 Å². The van der Waals surface area contributed by atoms with E-state index in [1.807, 2.05) is 19.1 Å². The Kier molecular flexibility index (Phi) is 7.15. The second-order valence-corrected chi connectivity index (χ2v) is 12.7. The molecule has 146 valence electrons. The van der Waals surface area contributed by atoms with Gasteiger partial charge in [0.05, 0.1) is 6.10 Å². The molecule has 2 rings (SSSR count). The summed E-state index contributed by atoms with van der Waals surface area (Å²) in [5.41, 5.74) is 0. The van der Waals surface area contributed by atoms with Crippen LogP contribution in [0.3, 0.4) is 0 Å². The lowest BCUT2D eigenvalue weighted by Gasteiger charge is -2.44. The SMILES string of the molecule is C[C@H](CO[Si](c1ccccc1)(c1ccccc1)C(C)(C)C)[C@H](O)[C@@H](C)C=O. The number of hydrogen-bond donors (Lipinski definition) is 1. The fourth-order valence-electron chi connectivity index (χ4n) is 3.72. The number of carbonyl (C=O) groups is 1. The molecule has 4 heteroatoms. The number of benzene rings is 2. The van der Waals surface area contributed by atoms with E-state index >= 15 is 0 Å². The monoisotopic (exact) mass is 384 g/mol. The molecule has 2 aromatic carbocycles. The van der Waals surface area contributed by atoms with Gasteiger partial charge in [-0.15, -0.1) is 0 Å². The van der Waals surface area contributed by atoms with Gasteiger partial charge in [0.2, 0.25) is 0 Å². The second kappa shape index (κ2) is 8.96. The average Bonchev–Trinajstić information content (AvgIpc) is 2.67. The molecule has 0 saturated carbocycles. The van der Waals surface area contributed by atoms with Crippen molar-refractivity contribution >= 4 is 25.0 Å². The zero-order chi connectivity index (χ0) is 20.1. The molecule has 0 aliphatic rings. The lowest BCUT2D eigenvalue weighted by molar-refractivity contribution is -0.114. The minimum Gasteiger partial charge on any atom is -0.407 e. The first-order valence-corrected chi connectivity index (χ1v) is 11.5. The maximum absolute atomic E-state index is 11.1. The number of aliphatic hydroxyl groups is 1. The highest BCUT2D eigenvalue weighted by atomic mass is 28.4. The maximum Gasteiger partial charge on any atom is 0.261 e. The molecule has 0 saturated heterocycles. The Hall–Kier alpha value is -1.75. The molecular weight excluding hydrogens is 352 g/mol. The van der Waals surface area contributed by atoms with Gasteiger partial charge in [0.15, 0.2) is 0 Å². The van der Waals surface area contributed by atoms with Crippen molar-refractivity contribution in [1.29, 1.82) is 0 Å². The number of aldehydes is 1. The van der Waals surface area contributed by atoms with E-state index in [0.29, 0.717) is 6.61 Å². The van der Waals surface area contributed by atoms with Gasteiger partial charge in [0.25, 0.3) is 8.32 Å².